The molecule has 0 saturated heterocycles. The van der Waals surface area contributed by atoms with Crippen molar-refractivity contribution < 1.29 is 19.1 Å². The van der Waals surface area contributed by atoms with Crippen LogP contribution in [-0.4, -0.2) is 37.8 Å². The second-order valence-electron chi connectivity index (χ2n) is 7.18. The van der Waals surface area contributed by atoms with Gasteiger partial charge >= 0.3 is 5.97 Å². The lowest BCUT2D eigenvalue weighted by atomic mass is 10.2. The van der Waals surface area contributed by atoms with Gasteiger partial charge in [0, 0.05) is 16.1 Å². The summed E-state index contributed by atoms with van der Waals surface area (Å²) < 4.78 is 11.0. The van der Waals surface area contributed by atoms with E-state index in [0.29, 0.717) is 44.8 Å². The van der Waals surface area contributed by atoms with Crippen LogP contribution in [0.15, 0.2) is 59.0 Å². The van der Waals surface area contributed by atoms with E-state index in [1.165, 1.54) is 12.1 Å². The van der Waals surface area contributed by atoms with Crippen molar-refractivity contribution >= 4 is 51.8 Å². The van der Waals surface area contributed by atoms with Crippen molar-refractivity contribution in [2.24, 2.45) is 0 Å². The second-order valence-corrected chi connectivity index (χ2v) is 8.43. The van der Waals surface area contributed by atoms with E-state index in [9.17, 15) is 4.79 Å². The van der Waals surface area contributed by atoms with E-state index < -0.39 is 12.6 Å². The number of carboxylic acid groups (broad SMARTS) is 1. The van der Waals surface area contributed by atoms with Gasteiger partial charge in [0.1, 0.15) is 11.6 Å². The van der Waals surface area contributed by atoms with Crippen LogP contribution in [0.3, 0.4) is 0 Å². The lowest BCUT2D eigenvalue weighted by molar-refractivity contribution is -0.139. The van der Waals surface area contributed by atoms with Crippen molar-refractivity contribution in [1.29, 1.82) is 0 Å². The van der Waals surface area contributed by atoms with Crippen molar-refractivity contribution in [1.82, 2.24) is 20.2 Å². The molecule has 0 atom stereocenters. The van der Waals surface area contributed by atoms with Crippen LogP contribution in [0.2, 0.25) is 15.1 Å². The van der Waals surface area contributed by atoms with E-state index >= 15 is 0 Å². The lowest BCUT2D eigenvalue weighted by Crippen LogP contribution is -2.09. The topological polar surface area (TPSA) is 114 Å². The number of imidazole rings is 1. The Kier molecular flexibility index (Phi) is 5.87. The summed E-state index contributed by atoms with van der Waals surface area (Å²) in [5.74, 6) is 0.303. The molecule has 0 spiro atoms. The molecule has 0 bridgehead atoms. The van der Waals surface area contributed by atoms with E-state index in [0.717, 1.165) is 5.56 Å². The first-order valence-corrected chi connectivity index (χ1v) is 10.9. The van der Waals surface area contributed by atoms with Crippen molar-refractivity contribution in [2.45, 2.75) is 0 Å². The maximum atomic E-state index is 10.7. The lowest BCUT2D eigenvalue weighted by Gasteiger charge is -2.08. The number of hydrogen-bond donors (Lipinski definition) is 2. The predicted molar refractivity (Wildman–Crippen MR) is 128 cm³/mol. The number of fused-ring (bicyclic) bond motifs is 1. The van der Waals surface area contributed by atoms with Crippen molar-refractivity contribution in [3.63, 3.8) is 0 Å². The average Bonchev–Trinajstić information content (AvgIpc) is 3.44. The molecule has 0 radical (unpaired) electrons. The molecule has 0 amide bonds. The van der Waals surface area contributed by atoms with E-state index in [-0.39, 0.29) is 15.8 Å². The zero-order chi connectivity index (χ0) is 23.8. The van der Waals surface area contributed by atoms with Gasteiger partial charge in [-0.2, -0.15) is 0 Å². The Morgan fingerprint density at radius 3 is 2.26 bits per heavy atom. The average molecular weight is 516 g/mol. The first kappa shape index (κ1) is 22.2. The molecule has 2 heterocycles. The molecular formula is C23H13Cl3N4O4. The minimum Gasteiger partial charge on any atom is -0.482 e. The number of carboxylic acids is 1. The Morgan fingerprint density at radius 1 is 0.941 bits per heavy atom. The van der Waals surface area contributed by atoms with E-state index in [1.807, 2.05) is 18.2 Å². The van der Waals surface area contributed by atoms with Gasteiger partial charge in [-0.05, 0) is 54.6 Å². The van der Waals surface area contributed by atoms with E-state index in [1.54, 1.807) is 24.3 Å². The van der Waals surface area contributed by atoms with Gasteiger partial charge < -0.3 is 19.2 Å². The minimum absolute atomic E-state index is 0.243. The highest BCUT2D eigenvalue weighted by molar-refractivity contribution is 6.39. The monoisotopic (exact) mass is 514 g/mol. The van der Waals surface area contributed by atoms with Gasteiger partial charge in [-0.3, -0.25) is 0 Å². The number of aromatic nitrogens is 4. The molecule has 0 unspecified atom stereocenters. The van der Waals surface area contributed by atoms with Crippen LogP contribution in [0.4, 0.5) is 0 Å². The molecule has 5 aromatic rings. The third-order valence-corrected chi connectivity index (χ3v) is 5.71. The number of ether oxygens (including phenoxy) is 1. The van der Waals surface area contributed by atoms with Gasteiger partial charge in [-0.15, -0.1) is 10.2 Å². The molecule has 2 aromatic heterocycles. The fourth-order valence-electron chi connectivity index (χ4n) is 3.31. The Bertz CT molecular complexity index is 1510. The molecule has 3 aromatic carbocycles. The largest absolute Gasteiger partial charge is 0.482 e. The molecule has 0 aliphatic rings. The molecular weight excluding hydrogens is 503 g/mol. The van der Waals surface area contributed by atoms with Gasteiger partial charge in [0.2, 0.25) is 11.8 Å². The Hall–Kier alpha value is -3.59. The minimum atomic E-state index is -1.11. The Labute approximate surface area is 207 Å². The predicted octanol–water partition coefficient (Wildman–Crippen LogP) is 6.37. The van der Waals surface area contributed by atoms with E-state index in [4.69, 9.17) is 49.1 Å². The quantitative estimate of drug-likeness (QED) is 0.270. The van der Waals surface area contributed by atoms with Gasteiger partial charge in [-0.1, -0.05) is 34.8 Å². The normalized spacial score (nSPS) is 11.1. The highest BCUT2D eigenvalue weighted by Gasteiger charge is 2.17. The third kappa shape index (κ3) is 4.43. The maximum Gasteiger partial charge on any atom is 0.341 e. The summed E-state index contributed by atoms with van der Waals surface area (Å²) in [7, 11) is 0. The Morgan fingerprint density at radius 2 is 1.59 bits per heavy atom. The number of aromatic amines is 1. The first-order valence-electron chi connectivity index (χ1n) is 9.81. The molecule has 5 rings (SSSR count). The SMILES string of the molecule is O=C(O)COc1cc(Cl)c(-c2nc3ccc(-c4nnc(-c5ccc(Cl)cc5)o4)cc3[nH]2)c(Cl)c1. The summed E-state index contributed by atoms with van der Waals surface area (Å²) in [6.07, 6.45) is 0. The van der Waals surface area contributed by atoms with Crippen LogP contribution in [0.1, 0.15) is 0 Å². The summed E-state index contributed by atoms with van der Waals surface area (Å²) in [6.45, 7) is -0.505. The summed E-state index contributed by atoms with van der Waals surface area (Å²) in [4.78, 5) is 18.5. The van der Waals surface area contributed by atoms with Gasteiger partial charge in [0.25, 0.3) is 0 Å². The number of rotatable bonds is 6. The summed E-state index contributed by atoms with van der Waals surface area (Å²) in [5, 5.41) is 18.2. The number of benzene rings is 3. The summed E-state index contributed by atoms with van der Waals surface area (Å²) >= 11 is 18.7. The Balaban J connectivity index is 1.46. The van der Waals surface area contributed by atoms with Gasteiger partial charge in [0.15, 0.2) is 6.61 Å². The zero-order valence-electron chi connectivity index (χ0n) is 17.1. The van der Waals surface area contributed by atoms with Gasteiger partial charge in [0.05, 0.1) is 26.6 Å². The summed E-state index contributed by atoms with van der Waals surface area (Å²) in [6, 6.07) is 15.5. The highest BCUT2D eigenvalue weighted by atomic mass is 35.5. The summed E-state index contributed by atoms with van der Waals surface area (Å²) in [5.41, 5.74) is 3.30. The number of nitrogens with one attached hydrogen (secondary N) is 1. The van der Waals surface area contributed by atoms with Gasteiger partial charge in [-0.25, -0.2) is 9.78 Å². The number of nitrogens with zero attached hydrogens (tertiary/aromatic N) is 3. The maximum absolute atomic E-state index is 10.7. The van der Waals surface area contributed by atoms with Crippen LogP contribution in [-0.2, 0) is 4.79 Å². The smallest absolute Gasteiger partial charge is 0.341 e. The first-order chi connectivity index (χ1) is 16.4. The molecule has 0 fully saturated rings. The van der Waals surface area contributed by atoms with Crippen LogP contribution in [0.5, 0.6) is 5.75 Å². The van der Waals surface area contributed by atoms with Crippen LogP contribution in [0.25, 0.3) is 45.3 Å². The molecule has 0 aliphatic heterocycles. The van der Waals surface area contributed by atoms with Crippen LogP contribution >= 0.6 is 34.8 Å². The molecule has 0 saturated carbocycles. The standard InChI is InChI=1S/C23H13Cl3N4O4/c24-13-4-1-11(2-5-13)22-29-30-23(34-22)12-3-6-17-18(7-12)28-21(27-17)20-15(25)8-14(9-16(20)26)33-10-19(31)32/h1-9H,10H2,(H,27,28)(H,31,32). The molecule has 34 heavy (non-hydrogen) atoms. The second kappa shape index (κ2) is 8.98. The van der Waals surface area contributed by atoms with Crippen LogP contribution in [0, 0.1) is 0 Å². The number of H-pyrrole nitrogens is 1. The van der Waals surface area contributed by atoms with E-state index in [2.05, 4.69) is 20.2 Å². The number of halogens is 3. The number of hydrogen-bond acceptors (Lipinski definition) is 6. The van der Waals surface area contributed by atoms with Crippen LogP contribution < -0.4 is 4.74 Å². The molecule has 170 valence electrons. The molecule has 0 aliphatic carbocycles. The fraction of sp³-hybridized carbons (Fsp3) is 0.0435. The fourth-order valence-corrected chi connectivity index (χ4v) is 4.09. The molecule has 11 heteroatoms. The molecule has 2 N–H and O–H groups in total. The van der Waals surface area contributed by atoms with Crippen molar-refractivity contribution in [3.05, 3.63) is 69.7 Å². The highest BCUT2D eigenvalue weighted by Crippen LogP contribution is 2.38. The number of carbonyl (C=O) groups is 1. The van der Waals surface area contributed by atoms with Crippen molar-refractivity contribution in [3.8, 4) is 40.0 Å². The zero-order valence-corrected chi connectivity index (χ0v) is 19.3. The van der Waals surface area contributed by atoms with Crippen molar-refractivity contribution in [2.75, 3.05) is 6.61 Å². The molecule has 8 nitrogen and oxygen atoms in total. The third-order valence-electron chi connectivity index (χ3n) is 4.86. The number of aliphatic carboxylic acids is 1.